The number of allylic oxidation sites excluding steroid dienone is 2. The summed E-state index contributed by atoms with van der Waals surface area (Å²) in [5, 5.41) is 13.9. The van der Waals surface area contributed by atoms with E-state index >= 15 is 0 Å². The summed E-state index contributed by atoms with van der Waals surface area (Å²) in [4.78, 5) is 18.5. The fourth-order valence-electron chi connectivity index (χ4n) is 6.61. The normalized spacial score (nSPS) is 13.3. The number of carbonyl (C=O) groups excluding carboxylic acids is 1. The Morgan fingerprint density at radius 1 is 0.857 bits per heavy atom. The number of ketones is 1. The fourth-order valence-corrected chi connectivity index (χ4v) is 8.02. The third-order valence-corrected chi connectivity index (χ3v) is 12.3. The number of hydrogen-bond donors (Lipinski definition) is 1. The van der Waals surface area contributed by atoms with Crippen LogP contribution in [0.25, 0.3) is 42.6 Å². The number of benzene rings is 3. The summed E-state index contributed by atoms with van der Waals surface area (Å²) in [6.45, 7) is 18.9. The molecular weight excluding hydrogens is 799 g/mol. The van der Waals surface area contributed by atoms with Gasteiger partial charge in [-0.1, -0.05) is 116 Å². The molecule has 0 saturated carbocycles. The number of nitrogens with zero attached hydrogens (tertiary/aromatic N) is 1. The molecule has 0 spiro atoms. The van der Waals surface area contributed by atoms with Gasteiger partial charge < -0.3 is 5.11 Å². The Kier molecular flexibility index (Phi) is 12.2. The van der Waals surface area contributed by atoms with Crippen molar-refractivity contribution >= 4 is 38.0 Å². The molecule has 0 amide bonds. The van der Waals surface area contributed by atoms with Crippen LogP contribution in [0.15, 0.2) is 78.7 Å². The molecule has 49 heavy (non-hydrogen) atoms. The molecule has 0 fully saturated rings. The fraction of sp³-hybridized carbons (Fsp3) is 0.409. The van der Waals surface area contributed by atoms with Gasteiger partial charge >= 0.3 is 0 Å². The third-order valence-electron chi connectivity index (χ3n) is 11.1. The molecule has 5 aromatic rings. The van der Waals surface area contributed by atoms with Gasteiger partial charge in [-0.05, 0) is 72.1 Å². The SMILES string of the molecule is CC(C)(C)c1cc(-c2nccc3c4c(sc23)-c2ccccc2CC4)[c-]c2ccccc12.CCC(C)(CC)C(=O)/C=C(\O)C(C)(CC)CC.[Ir]. The van der Waals surface area contributed by atoms with Crippen LogP contribution in [0.1, 0.15) is 105 Å². The molecule has 0 unspecified atom stereocenters. The minimum atomic E-state index is -0.337. The van der Waals surface area contributed by atoms with E-state index in [-0.39, 0.29) is 47.9 Å². The van der Waals surface area contributed by atoms with Gasteiger partial charge in [-0.15, -0.1) is 40.5 Å². The van der Waals surface area contributed by atoms with E-state index in [1.165, 1.54) is 48.7 Å². The number of rotatable bonds is 8. The van der Waals surface area contributed by atoms with Gasteiger partial charge in [-0.3, -0.25) is 9.78 Å². The summed E-state index contributed by atoms with van der Waals surface area (Å²) in [6.07, 6.45) is 8.95. The van der Waals surface area contributed by atoms with E-state index < -0.39 is 0 Å². The summed E-state index contributed by atoms with van der Waals surface area (Å²) in [7, 11) is 0. The van der Waals surface area contributed by atoms with Crippen LogP contribution in [0, 0.1) is 16.9 Å². The molecule has 3 nitrogen and oxygen atoms in total. The first-order chi connectivity index (χ1) is 22.8. The summed E-state index contributed by atoms with van der Waals surface area (Å²) in [6, 6.07) is 25.7. The first-order valence-electron chi connectivity index (χ1n) is 17.7. The Morgan fingerprint density at radius 3 is 2.14 bits per heavy atom. The Balaban J connectivity index is 0.000000260. The van der Waals surface area contributed by atoms with Gasteiger partial charge in [0.1, 0.15) is 5.76 Å². The van der Waals surface area contributed by atoms with Crippen LogP contribution in [-0.4, -0.2) is 15.9 Å². The molecule has 0 atom stereocenters. The molecule has 1 radical (unpaired) electrons. The zero-order valence-corrected chi connectivity index (χ0v) is 33.9. The van der Waals surface area contributed by atoms with Crippen LogP contribution < -0.4 is 0 Å². The van der Waals surface area contributed by atoms with Gasteiger partial charge in [-0.25, -0.2) is 0 Å². The Hall–Kier alpha value is -3.11. The second kappa shape index (κ2) is 15.4. The maximum atomic E-state index is 12.2. The van der Waals surface area contributed by atoms with E-state index in [9.17, 15) is 9.90 Å². The molecule has 2 heterocycles. The van der Waals surface area contributed by atoms with Crippen molar-refractivity contribution < 1.29 is 30.0 Å². The van der Waals surface area contributed by atoms with Crippen LogP contribution in [0.3, 0.4) is 0 Å². The van der Waals surface area contributed by atoms with Gasteiger partial charge in [0.05, 0.1) is 0 Å². The molecule has 3 aromatic carbocycles. The largest absolute Gasteiger partial charge is 0.512 e. The number of pyridine rings is 1. The number of aliphatic hydroxyl groups excluding tert-OH is 1. The summed E-state index contributed by atoms with van der Waals surface area (Å²) in [5.74, 6) is 0.286. The minimum Gasteiger partial charge on any atom is -0.512 e. The van der Waals surface area contributed by atoms with Crippen molar-refractivity contribution in [3.05, 3.63) is 101 Å². The molecule has 1 N–H and O–H groups in total. The molecule has 0 saturated heterocycles. The van der Waals surface area contributed by atoms with Crippen LogP contribution in [0.5, 0.6) is 0 Å². The standard InChI is InChI=1S/C29H24NS.C15H28O2.Ir/c1-29(2,3)25-17-20(16-19-9-5-6-10-21(19)25)26-28-24(14-15-30-26)23-13-12-18-8-4-7-11-22(18)27(23)31-28;1-7-14(5,8-2)12(16)11-13(17)15(6,9-3)10-4;/h4-11,14-15,17H,12-13H2,1-3H3;11,16H,7-10H2,1-6H3;/q-1;;/b;12-11-;. The number of aliphatic hydroxyl groups is 1. The molecule has 1 aliphatic carbocycles. The molecule has 2 aromatic heterocycles. The molecule has 6 rings (SSSR count). The van der Waals surface area contributed by atoms with Crippen molar-refractivity contribution in [2.45, 2.75) is 106 Å². The Bertz CT molecular complexity index is 1970. The first-order valence-corrected chi connectivity index (χ1v) is 18.5. The molecule has 0 bridgehead atoms. The van der Waals surface area contributed by atoms with Crippen molar-refractivity contribution in [3.8, 4) is 21.7 Å². The molecule has 5 heteroatoms. The summed E-state index contributed by atoms with van der Waals surface area (Å²) < 4.78 is 1.29. The number of aromatic nitrogens is 1. The number of thiophene rings is 1. The van der Waals surface area contributed by atoms with E-state index in [2.05, 4.69) is 87.5 Å². The van der Waals surface area contributed by atoms with Crippen LogP contribution in [-0.2, 0) is 43.2 Å². The summed E-state index contributed by atoms with van der Waals surface area (Å²) >= 11 is 1.90. The number of aryl methyl sites for hydroxylation is 2. The van der Waals surface area contributed by atoms with Gasteiger partial charge in [0.15, 0.2) is 5.78 Å². The van der Waals surface area contributed by atoms with Gasteiger partial charge in [0, 0.05) is 58.5 Å². The van der Waals surface area contributed by atoms with Crippen molar-refractivity contribution in [2.24, 2.45) is 10.8 Å². The van der Waals surface area contributed by atoms with Crippen molar-refractivity contribution in [1.82, 2.24) is 4.98 Å². The number of carbonyl (C=O) groups is 1. The molecule has 0 aliphatic heterocycles. The minimum absolute atomic E-state index is 0. The second-order valence-electron chi connectivity index (χ2n) is 14.9. The van der Waals surface area contributed by atoms with Crippen molar-refractivity contribution in [1.29, 1.82) is 0 Å². The van der Waals surface area contributed by atoms with Gasteiger partial charge in [0.25, 0.3) is 0 Å². The Labute approximate surface area is 311 Å². The third kappa shape index (κ3) is 7.65. The zero-order valence-electron chi connectivity index (χ0n) is 30.7. The van der Waals surface area contributed by atoms with Crippen molar-refractivity contribution in [3.63, 3.8) is 0 Å². The smallest absolute Gasteiger partial charge is 0.164 e. The van der Waals surface area contributed by atoms with E-state index in [0.29, 0.717) is 0 Å². The zero-order chi connectivity index (χ0) is 34.9. The quantitative estimate of drug-likeness (QED) is 0.0961. The van der Waals surface area contributed by atoms with E-state index in [4.69, 9.17) is 4.98 Å². The average molecular weight is 851 g/mol. The molecule has 261 valence electrons. The Morgan fingerprint density at radius 2 is 1.49 bits per heavy atom. The van der Waals surface area contributed by atoms with Gasteiger partial charge in [-0.2, -0.15) is 0 Å². The second-order valence-corrected chi connectivity index (χ2v) is 15.9. The predicted molar refractivity (Wildman–Crippen MR) is 206 cm³/mol. The topological polar surface area (TPSA) is 50.2 Å². The van der Waals surface area contributed by atoms with E-state index in [0.717, 1.165) is 55.2 Å². The van der Waals surface area contributed by atoms with Gasteiger partial charge in [0.2, 0.25) is 0 Å². The maximum Gasteiger partial charge on any atom is 0.164 e. The van der Waals surface area contributed by atoms with Crippen LogP contribution >= 0.6 is 11.3 Å². The predicted octanol–water partition coefficient (Wildman–Crippen LogP) is 12.6. The molecular formula is C44H52IrNO2S-. The summed E-state index contributed by atoms with van der Waals surface area (Å²) in [5.41, 5.74) is 7.30. The maximum absolute atomic E-state index is 12.2. The van der Waals surface area contributed by atoms with E-state index in [1.807, 2.05) is 59.1 Å². The average Bonchev–Trinajstić information content (AvgIpc) is 3.49. The van der Waals surface area contributed by atoms with Crippen LogP contribution in [0.4, 0.5) is 0 Å². The van der Waals surface area contributed by atoms with Crippen LogP contribution in [0.2, 0.25) is 0 Å². The van der Waals surface area contributed by atoms with E-state index in [1.54, 1.807) is 0 Å². The van der Waals surface area contributed by atoms with Crippen molar-refractivity contribution in [2.75, 3.05) is 0 Å². The monoisotopic (exact) mass is 851 g/mol. The first kappa shape index (κ1) is 38.7. The molecule has 1 aliphatic rings. The number of hydrogen-bond acceptors (Lipinski definition) is 4. The number of fused-ring (bicyclic) bond motifs is 6.